The molecular weight excluding hydrogens is 435 g/mol. The highest BCUT2D eigenvalue weighted by molar-refractivity contribution is 5.85. The van der Waals surface area contributed by atoms with Crippen molar-refractivity contribution in [2.75, 3.05) is 19.7 Å². The number of aryl methyl sites for hydroxylation is 1. The minimum Gasteiger partial charge on any atom is -0.464 e. The van der Waals surface area contributed by atoms with Crippen LogP contribution in [-0.2, 0) is 34.0 Å². The van der Waals surface area contributed by atoms with Crippen molar-refractivity contribution in [2.24, 2.45) is 0 Å². The van der Waals surface area contributed by atoms with E-state index < -0.39 is 0 Å². The number of furan rings is 1. The third kappa shape index (κ3) is 7.71. The van der Waals surface area contributed by atoms with Crippen molar-refractivity contribution in [2.45, 2.75) is 26.6 Å². The van der Waals surface area contributed by atoms with Gasteiger partial charge in [-0.1, -0.05) is 48.5 Å². The largest absolute Gasteiger partial charge is 0.464 e. The quantitative estimate of drug-likeness (QED) is 0.371. The summed E-state index contributed by atoms with van der Waals surface area (Å²) >= 11 is 0. The number of rotatable bonds is 12. The molecule has 0 radical (unpaired) electrons. The average Bonchev–Trinajstić information content (AvgIpc) is 3.24. The number of nitrogens with zero attached hydrogens (tertiary/aromatic N) is 2. The summed E-state index contributed by atoms with van der Waals surface area (Å²) < 4.78 is 24.5. The van der Waals surface area contributed by atoms with Crippen molar-refractivity contribution in [1.29, 1.82) is 0 Å². The van der Waals surface area contributed by atoms with Crippen molar-refractivity contribution < 1.29 is 23.1 Å². The Balaban J connectivity index is 1.65. The second kappa shape index (κ2) is 12.5. The molecule has 0 aliphatic heterocycles. The van der Waals surface area contributed by atoms with Crippen LogP contribution in [0.1, 0.15) is 22.6 Å². The standard InChI is InChI=1S/C27H29FN2O4/c1-3-15-29(27(32)20-33-19-23-7-5-4-6-8-23)18-26(31)30(17-25-14-9-21(2)34-25)16-22-10-12-24(28)13-11-22/h3-14H,1,15-20H2,2H3. The summed E-state index contributed by atoms with van der Waals surface area (Å²) in [4.78, 5) is 29.0. The van der Waals surface area contributed by atoms with E-state index in [0.717, 1.165) is 16.9 Å². The number of ether oxygens (including phenoxy) is 1. The molecule has 0 aliphatic rings. The number of hydrogen-bond donors (Lipinski definition) is 0. The van der Waals surface area contributed by atoms with E-state index in [1.54, 1.807) is 23.1 Å². The molecule has 0 aliphatic carbocycles. The van der Waals surface area contributed by atoms with Gasteiger partial charge in [0.2, 0.25) is 11.8 Å². The Morgan fingerprint density at radius 2 is 1.68 bits per heavy atom. The molecular formula is C27H29FN2O4. The molecule has 2 aromatic carbocycles. The van der Waals surface area contributed by atoms with Crippen molar-refractivity contribution in [1.82, 2.24) is 9.80 Å². The molecule has 2 amide bonds. The van der Waals surface area contributed by atoms with Crippen LogP contribution in [0.15, 0.2) is 83.8 Å². The van der Waals surface area contributed by atoms with E-state index in [-0.39, 0.29) is 50.4 Å². The minimum atomic E-state index is -0.346. The van der Waals surface area contributed by atoms with Gasteiger partial charge < -0.3 is 19.0 Å². The molecule has 0 bridgehead atoms. The predicted octanol–water partition coefficient (Wildman–Crippen LogP) is 4.49. The Kier molecular flexibility index (Phi) is 9.17. The predicted molar refractivity (Wildman–Crippen MR) is 127 cm³/mol. The zero-order chi connectivity index (χ0) is 24.3. The fourth-order valence-electron chi connectivity index (χ4n) is 3.40. The number of amides is 2. The number of benzene rings is 2. The summed E-state index contributed by atoms with van der Waals surface area (Å²) in [6.45, 7) is 6.23. The maximum atomic E-state index is 13.3. The first-order chi connectivity index (χ1) is 16.4. The van der Waals surface area contributed by atoms with Crippen molar-refractivity contribution >= 4 is 11.8 Å². The fourth-order valence-corrected chi connectivity index (χ4v) is 3.40. The third-order valence-corrected chi connectivity index (χ3v) is 5.15. The molecule has 1 heterocycles. The summed E-state index contributed by atoms with van der Waals surface area (Å²) in [7, 11) is 0. The molecule has 0 saturated carbocycles. The fraction of sp³-hybridized carbons (Fsp3) is 0.259. The lowest BCUT2D eigenvalue weighted by molar-refractivity contribution is -0.143. The lowest BCUT2D eigenvalue weighted by Crippen LogP contribution is -2.43. The van der Waals surface area contributed by atoms with E-state index >= 15 is 0 Å². The maximum absolute atomic E-state index is 13.3. The first-order valence-corrected chi connectivity index (χ1v) is 11.0. The maximum Gasteiger partial charge on any atom is 0.249 e. The summed E-state index contributed by atoms with van der Waals surface area (Å²) in [5, 5.41) is 0. The topological polar surface area (TPSA) is 63.0 Å². The molecule has 0 saturated heterocycles. The van der Waals surface area contributed by atoms with Gasteiger partial charge in [0, 0.05) is 13.1 Å². The molecule has 0 fully saturated rings. The van der Waals surface area contributed by atoms with E-state index in [4.69, 9.17) is 9.15 Å². The van der Waals surface area contributed by atoms with Crippen molar-refractivity contribution in [3.63, 3.8) is 0 Å². The molecule has 3 aromatic rings. The minimum absolute atomic E-state index is 0.138. The van der Waals surface area contributed by atoms with Crippen LogP contribution in [0.5, 0.6) is 0 Å². The second-order valence-corrected chi connectivity index (χ2v) is 7.93. The molecule has 0 spiro atoms. The van der Waals surface area contributed by atoms with Crippen LogP contribution in [0.2, 0.25) is 0 Å². The van der Waals surface area contributed by atoms with Crippen LogP contribution >= 0.6 is 0 Å². The highest BCUT2D eigenvalue weighted by Crippen LogP contribution is 2.14. The van der Waals surface area contributed by atoms with Gasteiger partial charge in [0.1, 0.15) is 30.5 Å². The molecule has 178 valence electrons. The van der Waals surface area contributed by atoms with Crippen LogP contribution in [-0.4, -0.2) is 41.3 Å². The summed E-state index contributed by atoms with van der Waals surface area (Å²) in [6.07, 6.45) is 1.57. The highest BCUT2D eigenvalue weighted by atomic mass is 19.1. The number of halogens is 1. The average molecular weight is 465 g/mol. The Bertz CT molecular complexity index is 1080. The SMILES string of the molecule is C=CCN(CC(=O)N(Cc1ccc(F)cc1)Cc1ccc(C)o1)C(=O)COCc1ccccc1. The van der Waals surface area contributed by atoms with Crippen molar-refractivity contribution in [3.8, 4) is 0 Å². The Hall–Kier alpha value is -3.71. The van der Waals surface area contributed by atoms with Crippen molar-refractivity contribution in [3.05, 3.63) is 108 Å². The molecule has 1 aromatic heterocycles. The highest BCUT2D eigenvalue weighted by Gasteiger charge is 2.22. The zero-order valence-electron chi connectivity index (χ0n) is 19.3. The van der Waals surface area contributed by atoms with Crippen LogP contribution in [0, 0.1) is 12.7 Å². The Morgan fingerprint density at radius 3 is 2.32 bits per heavy atom. The van der Waals surface area contributed by atoms with Crippen LogP contribution < -0.4 is 0 Å². The second-order valence-electron chi connectivity index (χ2n) is 7.93. The van der Waals surface area contributed by atoms with Gasteiger partial charge in [-0.05, 0) is 42.3 Å². The van der Waals surface area contributed by atoms with Gasteiger partial charge in [0.15, 0.2) is 0 Å². The zero-order valence-corrected chi connectivity index (χ0v) is 19.3. The van der Waals surface area contributed by atoms with E-state index in [9.17, 15) is 14.0 Å². The first-order valence-electron chi connectivity index (χ1n) is 11.0. The van der Waals surface area contributed by atoms with Crippen LogP contribution in [0.4, 0.5) is 4.39 Å². The van der Waals surface area contributed by atoms with Gasteiger partial charge in [-0.25, -0.2) is 4.39 Å². The lowest BCUT2D eigenvalue weighted by Gasteiger charge is -2.27. The van der Waals surface area contributed by atoms with Gasteiger partial charge in [-0.15, -0.1) is 6.58 Å². The van der Waals surface area contributed by atoms with Gasteiger partial charge in [0.05, 0.1) is 13.2 Å². The molecule has 0 N–H and O–H groups in total. The molecule has 3 rings (SSSR count). The Morgan fingerprint density at radius 1 is 0.941 bits per heavy atom. The molecule has 6 nitrogen and oxygen atoms in total. The van der Waals surface area contributed by atoms with E-state index in [0.29, 0.717) is 12.4 Å². The monoisotopic (exact) mass is 464 g/mol. The molecule has 7 heteroatoms. The van der Waals surface area contributed by atoms with Crippen LogP contribution in [0.25, 0.3) is 0 Å². The summed E-state index contributed by atoms with van der Waals surface area (Å²) in [5.41, 5.74) is 1.73. The third-order valence-electron chi connectivity index (χ3n) is 5.15. The van der Waals surface area contributed by atoms with E-state index in [2.05, 4.69) is 6.58 Å². The normalized spacial score (nSPS) is 10.6. The number of carbonyl (C=O) groups is 2. The lowest BCUT2D eigenvalue weighted by atomic mass is 10.2. The summed E-state index contributed by atoms with van der Waals surface area (Å²) in [5.74, 6) is 0.446. The Labute approximate surface area is 199 Å². The van der Waals surface area contributed by atoms with Gasteiger partial charge in [-0.3, -0.25) is 9.59 Å². The first kappa shape index (κ1) is 24.9. The van der Waals surface area contributed by atoms with E-state index in [1.165, 1.54) is 17.0 Å². The molecule has 34 heavy (non-hydrogen) atoms. The molecule has 0 unspecified atom stereocenters. The van der Waals surface area contributed by atoms with Gasteiger partial charge >= 0.3 is 0 Å². The van der Waals surface area contributed by atoms with E-state index in [1.807, 2.05) is 49.4 Å². The summed E-state index contributed by atoms with van der Waals surface area (Å²) in [6, 6.07) is 19.2. The molecule has 0 atom stereocenters. The van der Waals surface area contributed by atoms with Gasteiger partial charge in [0.25, 0.3) is 0 Å². The smallest absolute Gasteiger partial charge is 0.249 e. The number of carbonyl (C=O) groups excluding carboxylic acids is 2. The van der Waals surface area contributed by atoms with Gasteiger partial charge in [-0.2, -0.15) is 0 Å². The number of hydrogen-bond acceptors (Lipinski definition) is 4. The van der Waals surface area contributed by atoms with Crippen LogP contribution in [0.3, 0.4) is 0 Å².